The second-order valence-corrected chi connectivity index (χ2v) is 6.25. The molecule has 1 aromatic heterocycles. The second kappa shape index (κ2) is 5.49. The molecule has 24 heavy (non-hydrogen) atoms. The number of hydrogen-bond donors (Lipinski definition) is 0. The predicted octanol–water partition coefficient (Wildman–Crippen LogP) is 4.84. The Balaban J connectivity index is 2.55. The van der Waals surface area contributed by atoms with Gasteiger partial charge in [0.15, 0.2) is 4.47 Å². The summed E-state index contributed by atoms with van der Waals surface area (Å²) in [4.78, 5) is 31.2. The van der Waals surface area contributed by atoms with Crippen molar-refractivity contribution in [3.63, 3.8) is 0 Å². The molecule has 0 aliphatic heterocycles. The Bertz CT molecular complexity index is 1080. The van der Waals surface area contributed by atoms with E-state index in [0.717, 1.165) is 12.1 Å². The molecule has 0 spiro atoms. The van der Waals surface area contributed by atoms with Gasteiger partial charge in [0, 0.05) is 5.39 Å². The maximum atomic E-state index is 11.4. The molecule has 0 atom stereocenters. The van der Waals surface area contributed by atoms with E-state index >= 15 is 0 Å². The van der Waals surface area contributed by atoms with Gasteiger partial charge in [-0.3, -0.25) is 30.3 Å². The molecule has 122 valence electrons. The van der Waals surface area contributed by atoms with Gasteiger partial charge in [-0.2, -0.15) is 0 Å². The minimum absolute atomic E-state index is 0.00963. The standard InChI is InChI=1S/C12H3Br2N3O7/c13-5-1-4-8(2-6(5)15(18)19)24-9-3-7(16(20)21)11(14)12(10(4)9)17(22)23/h1-3H. The van der Waals surface area contributed by atoms with Crippen molar-refractivity contribution in [3.05, 3.63) is 57.5 Å². The highest BCUT2D eigenvalue weighted by Crippen LogP contribution is 2.46. The van der Waals surface area contributed by atoms with Crippen LogP contribution < -0.4 is 0 Å². The quantitative estimate of drug-likeness (QED) is 0.401. The highest BCUT2D eigenvalue weighted by molar-refractivity contribution is 9.11. The van der Waals surface area contributed by atoms with Crippen LogP contribution >= 0.6 is 31.9 Å². The van der Waals surface area contributed by atoms with Crippen LogP contribution in [0.4, 0.5) is 17.1 Å². The molecule has 1 heterocycles. The van der Waals surface area contributed by atoms with Gasteiger partial charge in [-0.05, 0) is 37.9 Å². The molecule has 12 heteroatoms. The molecule has 0 amide bonds. The Morgan fingerprint density at radius 3 is 1.96 bits per heavy atom. The lowest BCUT2D eigenvalue weighted by atomic mass is 10.1. The molecule has 0 aliphatic carbocycles. The Labute approximate surface area is 147 Å². The van der Waals surface area contributed by atoms with Gasteiger partial charge in [0.2, 0.25) is 0 Å². The van der Waals surface area contributed by atoms with Gasteiger partial charge < -0.3 is 4.42 Å². The van der Waals surface area contributed by atoms with Crippen LogP contribution in [0.5, 0.6) is 0 Å². The molecule has 3 rings (SSSR count). The van der Waals surface area contributed by atoms with E-state index < -0.39 is 26.1 Å². The van der Waals surface area contributed by atoms with Crippen LogP contribution in [0, 0.1) is 30.3 Å². The number of nitro benzene ring substituents is 3. The molecule has 0 N–H and O–H groups in total. The highest BCUT2D eigenvalue weighted by Gasteiger charge is 2.31. The number of benzene rings is 2. The van der Waals surface area contributed by atoms with Crippen molar-refractivity contribution in [1.82, 2.24) is 0 Å². The molecule has 0 aliphatic rings. The maximum absolute atomic E-state index is 11.4. The Morgan fingerprint density at radius 2 is 1.42 bits per heavy atom. The van der Waals surface area contributed by atoms with Crippen LogP contribution in [0.3, 0.4) is 0 Å². The van der Waals surface area contributed by atoms with E-state index in [0.29, 0.717) is 0 Å². The number of halogens is 2. The van der Waals surface area contributed by atoms with Crippen molar-refractivity contribution in [1.29, 1.82) is 0 Å². The van der Waals surface area contributed by atoms with Gasteiger partial charge in [0.1, 0.15) is 16.6 Å². The first-order valence-corrected chi connectivity index (χ1v) is 7.62. The van der Waals surface area contributed by atoms with Crippen LogP contribution in [0.25, 0.3) is 21.9 Å². The monoisotopic (exact) mass is 459 g/mol. The molecule has 0 saturated heterocycles. The van der Waals surface area contributed by atoms with E-state index in [-0.39, 0.29) is 36.6 Å². The lowest BCUT2D eigenvalue weighted by molar-refractivity contribution is -0.394. The van der Waals surface area contributed by atoms with Gasteiger partial charge in [0.05, 0.1) is 31.4 Å². The molecule has 0 radical (unpaired) electrons. The van der Waals surface area contributed by atoms with Gasteiger partial charge in [-0.1, -0.05) is 0 Å². The van der Waals surface area contributed by atoms with Crippen LogP contribution in [-0.4, -0.2) is 14.8 Å². The largest absolute Gasteiger partial charge is 0.455 e. The van der Waals surface area contributed by atoms with Gasteiger partial charge >= 0.3 is 5.69 Å². The number of rotatable bonds is 3. The van der Waals surface area contributed by atoms with E-state index in [9.17, 15) is 30.3 Å². The first kappa shape index (κ1) is 16.3. The summed E-state index contributed by atoms with van der Waals surface area (Å²) >= 11 is 5.92. The van der Waals surface area contributed by atoms with Crippen molar-refractivity contribution in [2.75, 3.05) is 0 Å². The van der Waals surface area contributed by atoms with E-state index in [1.54, 1.807) is 0 Å². The third-order valence-electron chi connectivity index (χ3n) is 3.30. The Kier molecular flexibility index (Phi) is 3.72. The highest BCUT2D eigenvalue weighted by atomic mass is 79.9. The number of fused-ring (bicyclic) bond motifs is 3. The van der Waals surface area contributed by atoms with E-state index in [4.69, 9.17) is 4.42 Å². The first-order chi connectivity index (χ1) is 11.2. The fourth-order valence-corrected chi connectivity index (χ4v) is 3.42. The minimum atomic E-state index is -0.790. The number of nitro groups is 3. The molecule has 0 fully saturated rings. The summed E-state index contributed by atoms with van der Waals surface area (Å²) < 4.78 is 5.18. The molecule has 0 unspecified atom stereocenters. The summed E-state index contributed by atoms with van der Waals surface area (Å²) in [6.45, 7) is 0. The average Bonchev–Trinajstić information content (AvgIpc) is 2.82. The topological polar surface area (TPSA) is 143 Å². The Hall–Kier alpha value is -2.60. The fraction of sp³-hybridized carbons (Fsp3) is 0. The van der Waals surface area contributed by atoms with Crippen molar-refractivity contribution < 1.29 is 19.2 Å². The maximum Gasteiger partial charge on any atom is 0.302 e. The summed E-state index contributed by atoms with van der Waals surface area (Å²) in [5, 5.41) is 33.7. The number of furan rings is 1. The van der Waals surface area contributed by atoms with Gasteiger partial charge in [-0.15, -0.1) is 0 Å². The minimum Gasteiger partial charge on any atom is -0.455 e. The SMILES string of the molecule is O=[N+]([O-])c1cc2oc3cc([N+](=O)[O-])c(Br)c([N+](=O)[O-])c3c2cc1Br. The third-order valence-corrected chi connectivity index (χ3v) is 4.72. The van der Waals surface area contributed by atoms with E-state index in [1.807, 2.05) is 0 Å². The van der Waals surface area contributed by atoms with Gasteiger partial charge in [0.25, 0.3) is 11.4 Å². The van der Waals surface area contributed by atoms with Gasteiger partial charge in [-0.25, -0.2) is 0 Å². The first-order valence-electron chi connectivity index (χ1n) is 6.03. The number of hydrogen-bond acceptors (Lipinski definition) is 7. The molecule has 10 nitrogen and oxygen atoms in total. The zero-order valence-electron chi connectivity index (χ0n) is 11.2. The van der Waals surface area contributed by atoms with E-state index in [1.165, 1.54) is 6.07 Å². The van der Waals surface area contributed by atoms with Crippen LogP contribution in [-0.2, 0) is 0 Å². The summed E-state index contributed by atoms with van der Waals surface area (Å²) in [5.74, 6) is 0. The summed E-state index contributed by atoms with van der Waals surface area (Å²) in [5.41, 5.74) is -1.48. The summed E-state index contributed by atoms with van der Waals surface area (Å²) in [6.07, 6.45) is 0. The zero-order chi connectivity index (χ0) is 17.8. The predicted molar refractivity (Wildman–Crippen MR) is 89.1 cm³/mol. The fourth-order valence-electron chi connectivity index (χ4n) is 2.33. The van der Waals surface area contributed by atoms with Crippen LogP contribution in [0.15, 0.2) is 31.6 Å². The summed E-state index contributed by atoms with van der Waals surface area (Å²) in [7, 11) is 0. The van der Waals surface area contributed by atoms with Crippen LogP contribution in [0.1, 0.15) is 0 Å². The van der Waals surface area contributed by atoms with Crippen molar-refractivity contribution in [2.24, 2.45) is 0 Å². The molecular weight excluding hydrogens is 458 g/mol. The average molecular weight is 461 g/mol. The zero-order valence-corrected chi connectivity index (χ0v) is 14.4. The van der Waals surface area contributed by atoms with Crippen molar-refractivity contribution >= 4 is 70.9 Å². The van der Waals surface area contributed by atoms with Crippen molar-refractivity contribution in [3.8, 4) is 0 Å². The lowest BCUT2D eigenvalue weighted by Crippen LogP contribution is -1.96. The molecule has 3 aromatic rings. The normalized spacial score (nSPS) is 11.1. The molecular formula is C12H3Br2N3O7. The second-order valence-electron chi connectivity index (χ2n) is 4.60. The molecule has 0 saturated carbocycles. The summed E-state index contributed by atoms with van der Waals surface area (Å²) in [6, 6.07) is 3.44. The Morgan fingerprint density at radius 1 is 0.833 bits per heavy atom. The third kappa shape index (κ3) is 2.30. The van der Waals surface area contributed by atoms with E-state index in [2.05, 4.69) is 31.9 Å². The lowest BCUT2D eigenvalue weighted by Gasteiger charge is -1.99. The molecule has 2 aromatic carbocycles. The van der Waals surface area contributed by atoms with Crippen molar-refractivity contribution in [2.45, 2.75) is 0 Å². The number of nitrogens with zero attached hydrogens (tertiary/aromatic N) is 3. The van der Waals surface area contributed by atoms with Crippen LogP contribution in [0.2, 0.25) is 0 Å². The molecule has 0 bridgehead atoms. The smallest absolute Gasteiger partial charge is 0.302 e.